The minimum absolute atomic E-state index is 0.729. The summed E-state index contributed by atoms with van der Waals surface area (Å²) >= 11 is 0. The van der Waals surface area contributed by atoms with Gasteiger partial charge < -0.3 is 0 Å². The molecular weight excluding hydrogens is 264 g/mol. The summed E-state index contributed by atoms with van der Waals surface area (Å²) in [6.45, 7) is 11.3. The number of benzene rings is 2. The molecule has 0 saturated carbocycles. The van der Waals surface area contributed by atoms with Gasteiger partial charge in [0, 0.05) is 0 Å². The van der Waals surface area contributed by atoms with Crippen LogP contribution in [0.1, 0.15) is 48.1 Å². The molecule has 114 valence electrons. The van der Waals surface area contributed by atoms with Gasteiger partial charge in [0.25, 0.3) is 0 Å². The van der Waals surface area contributed by atoms with E-state index in [1.54, 1.807) is 5.57 Å². The van der Waals surface area contributed by atoms with Gasteiger partial charge in [-0.1, -0.05) is 61.4 Å². The highest BCUT2D eigenvalue weighted by Gasteiger charge is 2.18. The first kappa shape index (κ1) is 15.1. The maximum Gasteiger partial charge on any atom is -0.00575 e. The molecule has 0 N–H and O–H groups in total. The minimum Gasteiger partial charge on any atom is -0.0649 e. The van der Waals surface area contributed by atoms with Crippen LogP contribution in [0.4, 0.5) is 0 Å². The van der Waals surface area contributed by atoms with Crippen molar-refractivity contribution in [2.45, 2.75) is 47.5 Å². The highest BCUT2D eigenvalue weighted by molar-refractivity contribution is 5.82. The maximum absolute atomic E-state index is 2.45. The third-order valence-electron chi connectivity index (χ3n) is 4.73. The topological polar surface area (TPSA) is 0 Å². The molecule has 0 aromatic heterocycles. The van der Waals surface area contributed by atoms with Gasteiger partial charge >= 0.3 is 0 Å². The van der Waals surface area contributed by atoms with E-state index in [4.69, 9.17) is 0 Å². The van der Waals surface area contributed by atoms with Crippen molar-refractivity contribution in [1.29, 1.82) is 0 Å². The van der Waals surface area contributed by atoms with Gasteiger partial charge in [0.05, 0.1) is 0 Å². The van der Waals surface area contributed by atoms with Crippen molar-refractivity contribution in [3.8, 4) is 11.1 Å². The molecule has 0 bridgehead atoms. The van der Waals surface area contributed by atoms with E-state index in [1.165, 1.54) is 45.4 Å². The van der Waals surface area contributed by atoms with Gasteiger partial charge in [0.2, 0.25) is 0 Å². The lowest BCUT2D eigenvalue weighted by Gasteiger charge is -2.14. The van der Waals surface area contributed by atoms with E-state index in [9.17, 15) is 0 Å². The largest absolute Gasteiger partial charge is 0.0649 e. The van der Waals surface area contributed by atoms with Crippen molar-refractivity contribution in [1.82, 2.24) is 0 Å². The van der Waals surface area contributed by atoms with Crippen molar-refractivity contribution < 1.29 is 0 Å². The maximum atomic E-state index is 2.45. The number of hydrogen-bond acceptors (Lipinski definition) is 0. The van der Waals surface area contributed by atoms with Gasteiger partial charge in [-0.2, -0.15) is 0 Å². The fraction of sp³-hybridized carbons (Fsp3) is 0.364. The van der Waals surface area contributed by atoms with Crippen LogP contribution in [0.25, 0.3) is 17.2 Å². The summed E-state index contributed by atoms with van der Waals surface area (Å²) in [5.41, 5.74) is 11.5. The van der Waals surface area contributed by atoms with Crippen molar-refractivity contribution in [2.75, 3.05) is 0 Å². The molecule has 0 spiro atoms. The lowest BCUT2D eigenvalue weighted by Crippen LogP contribution is -1.93. The van der Waals surface area contributed by atoms with Crippen LogP contribution in [0, 0.1) is 26.7 Å². The molecule has 0 nitrogen and oxygen atoms in total. The van der Waals surface area contributed by atoms with Crippen LogP contribution in [0.2, 0.25) is 0 Å². The predicted octanol–water partition coefficient (Wildman–Crippen LogP) is 6.26. The Morgan fingerprint density at radius 2 is 1.77 bits per heavy atom. The summed E-state index contributed by atoms with van der Waals surface area (Å²) in [5, 5.41) is 0. The Morgan fingerprint density at radius 3 is 2.50 bits per heavy atom. The van der Waals surface area contributed by atoms with Crippen LogP contribution in [-0.4, -0.2) is 0 Å². The highest BCUT2D eigenvalue weighted by atomic mass is 14.2. The highest BCUT2D eigenvalue weighted by Crippen LogP contribution is 2.37. The monoisotopic (exact) mass is 290 g/mol. The zero-order valence-corrected chi connectivity index (χ0v) is 14.5. The van der Waals surface area contributed by atoms with Crippen molar-refractivity contribution in [3.63, 3.8) is 0 Å². The predicted molar refractivity (Wildman–Crippen MR) is 97.2 cm³/mol. The molecule has 0 atom stereocenters. The Bertz CT molecular complexity index is 745. The van der Waals surface area contributed by atoms with E-state index in [2.05, 4.69) is 71.0 Å². The number of rotatable bonds is 3. The van der Waals surface area contributed by atoms with Crippen molar-refractivity contribution in [3.05, 3.63) is 63.7 Å². The summed E-state index contributed by atoms with van der Waals surface area (Å²) in [5.74, 6) is 0.729. The van der Waals surface area contributed by atoms with E-state index >= 15 is 0 Å². The molecule has 0 radical (unpaired) electrons. The molecule has 0 unspecified atom stereocenters. The summed E-state index contributed by atoms with van der Waals surface area (Å²) in [6, 6.07) is 11.4. The summed E-state index contributed by atoms with van der Waals surface area (Å²) < 4.78 is 0. The van der Waals surface area contributed by atoms with Crippen molar-refractivity contribution in [2.24, 2.45) is 5.92 Å². The lowest BCUT2D eigenvalue weighted by molar-refractivity contribution is 0.638. The molecule has 0 heteroatoms. The average Bonchev–Trinajstić information content (AvgIpc) is 2.84. The zero-order chi connectivity index (χ0) is 15.9. The van der Waals surface area contributed by atoms with Crippen LogP contribution in [0.5, 0.6) is 0 Å². The van der Waals surface area contributed by atoms with Crippen LogP contribution in [0.15, 0.2) is 35.9 Å². The molecule has 0 saturated heterocycles. The number of hydrogen-bond donors (Lipinski definition) is 0. The standard InChI is InChI=1S/C22H26/c1-14(2)9-18-12-19-7-6-8-20(22(19)13-18)21-11-15(3)10-16(4)17(21)5/h6-8,10-11,13-14H,9,12H2,1-5H3. The van der Waals surface area contributed by atoms with Gasteiger partial charge in [-0.3, -0.25) is 0 Å². The molecule has 1 aliphatic rings. The Morgan fingerprint density at radius 1 is 1.00 bits per heavy atom. The van der Waals surface area contributed by atoms with Gasteiger partial charge in [-0.05, 0) is 72.9 Å². The van der Waals surface area contributed by atoms with Crippen LogP contribution < -0.4 is 0 Å². The Kier molecular flexibility index (Phi) is 3.95. The van der Waals surface area contributed by atoms with Crippen LogP contribution in [0.3, 0.4) is 0 Å². The molecule has 0 amide bonds. The van der Waals surface area contributed by atoms with Gasteiger partial charge in [0.15, 0.2) is 0 Å². The second kappa shape index (κ2) is 5.76. The molecule has 22 heavy (non-hydrogen) atoms. The van der Waals surface area contributed by atoms with E-state index in [-0.39, 0.29) is 0 Å². The molecule has 0 heterocycles. The summed E-state index contributed by atoms with van der Waals surface area (Å²) in [6.07, 6.45) is 4.78. The van der Waals surface area contributed by atoms with E-state index in [0.717, 1.165) is 12.3 Å². The average molecular weight is 290 g/mol. The zero-order valence-electron chi connectivity index (χ0n) is 14.5. The molecule has 2 aromatic carbocycles. The third kappa shape index (κ3) is 2.75. The first-order valence-corrected chi connectivity index (χ1v) is 8.35. The Hall–Kier alpha value is -1.82. The molecule has 1 aliphatic carbocycles. The second-order valence-electron chi connectivity index (χ2n) is 7.21. The number of aryl methyl sites for hydroxylation is 2. The number of fused-ring (bicyclic) bond motifs is 1. The minimum atomic E-state index is 0.729. The summed E-state index contributed by atoms with van der Waals surface area (Å²) in [7, 11) is 0. The number of allylic oxidation sites excluding steroid dienone is 1. The fourth-order valence-electron chi connectivity index (χ4n) is 3.65. The molecule has 3 rings (SSSR count). The smallest absolute Gasteiger partial charge is 0.00575 e. The molecular formula is C22H26. The van der Waals surface area contributed by atoms with E-state index in [1.807, 2.05) is 0 Å². The summed E-state index contributed by atoms with van der Waals surface area (Å²) in [4.78, 5) is 0. The first-order valence-electron chi connectivity index (χ1n) is 8.35. The van der Waals surface area contributed by atoms with Gasteiger partial charge in [0.1, 0.15) is 0 Å². The normalized spacial score (nSPS) is 13.5. The Labute approximate surface area is 134 Å². The molecule has 2 aromatic rings. The lowest BCUT2D eigenvalue weighted by atomic mass is 9.91. The SMILES string of the molecule is Cc1cc(C)c(C)c(-c2cccc3c2C=C(CC(C)C)C3)c1. The van der Waals surface area contributed by atoms with Gasteiger partial charge in [-0.15, -0.1) is 0 Å². The Balaban J connectivity index is 2.12. The van der Waals surface area contributed by atoms with Crippen molar-refractivity contribution >= 4 is 6.08 Å². The molecule has 0 fully saturated rings. The molecule has 0 aliphatic heterocycles. The first-order chi connectivity index (χ1) is 10.5. The van der Waals surface area contributed by atoms with Gasteiger partial charge in [-0.25, -0.2) is 0 Å². The fourth-order valence-corrected chi connectivity index (χ4v) is 3.65. The second-order valence-corrected chi connectivity index (χ2v) is 7.21. The van der Waals surface area contributed by atoms with Crippen LogP contribution >= 0.6 is 0 Å². The van der Waals surface area contributed by atoms with E-state index in [0.29, 0.717) is 0 Å². The van der Waals surface area contributed by atoms with E-state index < -0.39 is 0 Å². The van der Waals surface area contributed by atoms with Crippen LogP contribution in [-0.2, 0) is 6.42 Å². The quantitative estimate of drug-likeness (QED) is 0.625. The third-order valence-corrected chi connectivity index (χ3v) is 4.73.